The number of nitrogens with one attached hydrogen (secondary N) is 1. The molecule has 4 heteroatoms. The second kappa shape index (κ2) is 6.36. The van der Waals surface area contributed by atoms with Crippen LogP contribution in [0.4, 0.5) is 0 Å². The van der Waals surface area contributed by atoms with Gasteiger partial charge in [-0.2, -0.15) is 0 Å². The van der Waals surface area contributed by atoms with E-state index >= 15 is 0 Å². The van der Waals surface area contributed by atoms with Crippen LogP contribution in [-0.4, -0.2) is 29.7 Å². The minimum atomic E-state index is -0.461. The quantitative estimate of drug-likeness (QED) is 0.677. The highest BCUT2D eigenvalue weighted by Crippen LogP contribution is 2.26. The molecule has 1 fully saturated rings. The Balaban J connectivity index is 2.63. The van der Waals surface area contributed by atoms with Crippen molar-refractivity contribution in [3.63, 3.8) is 0 Å². The largest absolute Gasteiger partial charge is 0.391 e. The van der Waals surface area contributed by atoms with Gasteiger partial charge in [-0.1, -0.05) is 26.7 Å². The molecule has 0 bridgehead atoms. The summed E-state index contributed by atoms with van der Waals surface area (Å²) in [7, 11) is 0. The van der Waals surface area contributed by atoms with Gasteiger partial charge in [0, 0.05) is 6.54 Å². The normalized spacial score (nSPS) is 25.6. The number of carbonyl (C=O) groups is 1. The van der Waals surface area contributed by atoms with Crippen molar-refractivity contribution in [2.75, 3.05) is 6.54 Å². The Hall–Kier alpha value is -0.610. The summed E-state index contributed by atoms with van der Waals surface area (Å²) in [5, 5.41) is 12.8. The third kappa shape index (κ3) is 3.19. The van der Waals surface area contributed by atoms with Crippen molar-refractivity contribution >= 4 is 5.91 Å². The van der Waals surface area contributed by atoms with Crippen LogP contribution in [0.2, 0.25) is 0 Å². The van der Waals surface area contributed by atoms with E-state index in [1.807, 2.05) is 13.8 Å². The zero-order valence-electron chi connectivity index (χ0n) is 11.0. The van der Waals surface area contributed by atoms with Gasteiger partial charge in [-0.3, -0.25) is 4.79 Å². The molecule has 0 unspecified atom stereocenters. The molecule has 0 saturated heterocycles. The topological polar surface area (TPSA) is 75.4 Å². The van der Waals surface area contributed by atoms with Crippen LogP contribution >= 0.6 is 0 Å². The first-order valence-corrected chi connectivity index (χ1v) is 6.78. The molecular formula is C13H26N2O2. The van der Waals surface area contributed by atoms with E-state index < -0.39 is 11.5 Å². The lowest BCUT2D eigenvalue weighted by Gasteiger charge is -2.34. The maximum absolute atomic E-state index is 12.3. The third-order valence-corrected chi connectivity index (χ3v) is 4.27. The Morgan fingerprint density at radius 3 is 2.41 bits per heavy atom. The number of carbonyl (C=O) groups excluding carboxylic acids is 1. The van der Waals surface area contributed by atoms with Crippen LogP contribution in [0.15, 0.2) is 0 Å². The lowest BCUT2D eigenvalue weighted by molar-refractivity contribution is -0.133. The molecule has 17 heavy (non-hydrogen) atoms. The molecule has 1 amide bonds. The highest BCUT2D eigenvalue weighted by molar-refractivity contribution is 5.83. The van der Waals surface area contributed by atoms with E-state index in [-0.39, 0.29) is 11.9 Å². The molecule has 0 aromatic heterocycles. The van der Waals surface area contributed by atoms with E-state index in [2.05, 4.69) is 5.32 Å². The molecule has 4 N–H and O–H groups in total. The molecule has 1 saturated carbocycles. The molecule has 0 heterocycles. The minimum absolute atomic E-state index is 0.0101. The second-order valence-corrected chi connectivity index (χ2v) is 5.12. The average Bonchev–Trinajstić information content (AvgIpc) is 2.35. The van der Waals surface area contributed by atoms with Gasteiger partial charge < -0.3 is 16.2 Å². The molecule has 0 aromatic rings. The second-order valence-electron chi connectivity index (χ2n) is 5.12. The summed E-state index contributed by atoms with van der Waals surface area (Å²) in [6.45, 7) is 4.36. The smallest absolute Gasteiger partial charge is 0.227 e. The molecule has 1 aliphatic carbocycles. The van der Waals surface area contributed by atoms with Crippen LogP contribution in [0.3, 0.4) is 0 Å². The standard InChI is InChI=1S/C13H26N2O2/c1-3-13(4-2,9-14)12(17)15-10-7-5-6-8-11(10)16/h10-11,16H,3-9,14H2,1-2H3,(H,15,17)/t10-,11-/m1/s1. The Kier molecular flexibility index (Phi) is 5.40. The van der Waals surface area contributed by atoms with Gasteiger partial charge in [-0.25, -0.2) is 0 Å². The van der Waals surface area contributed by atoms with E-state index in [1.165, 1.54) is 0 Å². The molecule has 0 aliphatic heterocycles. The Morgan fingerprint density at radius 1 is 1.35 bits per heavy atom. The fourth-order valence-corrected chi connectivity index (χ4v) is 2.55. The number of nitrogens with two attached hydrogens (primary N) is 1. The van der Waals surface area contributed by atoms with Gasteiger partial charge in [0.2, 0.25) is 5.91 Å². The summed E-state index contributed by atoms with van der Waals surface area (Å²) in [4.78, 5) is 12.3. The Labute approximate surface area is 104 Å². The van der Waals surface area contributed by atoms with Crippen molar-refractivity contribution in [2.24, 2.45) is 11.1 Å². The first-order chi connectivity index (χ1) is 8.09. The number of hydrogen-bond donors (Lipinski definition) is 3. The number of rotatable bonds is 5. The van der Waals surface area contributed by atoms with Gasteiger partial charge in [-0.15, -0.1) is 0 Å². The van der Waals surface area contributed by atoms with E-state index in [1.54, 1.807) is 0 Å². The van der Waals surface area contributed by atoms with Crippen molar-refractivity contribution in [1.82, 2.24) is 5.32 Å². The summed E-state index contributed by atoms with van der Waals surface area (Å²) < 4.78 is 0. The predicted molar refractivity (Wildman–Crippen MR) is 68.5 cm³/mol. The van der Waals surface area contributed by atoms with Crippen molar-refractivity contribution in [3.05, 3.63) is 0 Å². The van der Waals surface area contributed by atoms with E-state index in [9.17, 15) is 9.90 Å². The van der Waals surface area contributed by atoms with E-state index in [0.29, 0.717) is 6.54 Å². The third-order valence-electron chi connectivity index (χ3n) is 4.27. The van der Waals surface area contributed by atoms with E-state index in [0.717, 1.165) is 38.5 Å². The number of hydrogen-bond acceptors (Lipinski definition) is 3. The minimum Gasteiger partial charge on any atom is -0.391 e. The monoisotopic (exact) mass is 242 g/mol. The van der Waals surface area contributed by atoms with Crippen LogP contribution in [0.25, 0.3) is 0 Å². The molecular weight excluding hydrogens is 216 g/mol. The highest BCUT2D eigenvalue weighted by atomic mass is 16.3. The van der Waals surface area contributed by atoms with Crippen molar-refractivity contribution in [1.29, 1.82) is 0 Å². The number of aliphatic hydroxyl groups excluding tert-OH is 1. The summed E-state index contributed by atoms with van der Waals surface area (Å²) in [6.07, 6.45) is 4.90. The van der Waals surface area contributed by atoms with Crippen molar-refractivity contribution in [3.8, 4) is 0 Å². The molecule has 0 spiro atoms. The first kappa shape index (κ1) is 14.5. The summed E-state index contributed by atoms with van der Waals surface area (Å²) in [5.74, 6) is 0.0101. The van der Waals surface area contributed by atoms with Gasteiger partial charge in [-0.05, 0) is 25.7 Å². The highest BCUT2D eigenvalue weighted by Gasteiger charge is 2.36. The lowest BCUT2D eigenvalue weighted by atomic mass is 9.80. The fraction of sp³-hybridized carbons (Fsp3) is 0.923. The molecule has 0 aromatic carbocycles. The number of amides is 1. The Morgan fingerprint density at radius 2 is 1.94 bits per heavy atom. The van der Waals surface area contributed by atoms with Crippen LogP contribution in [-0.2, 0) is 4.79 Å². The molecule has 2 atom stereocenters. The van der Waals surface area contributed by atoms with Crippen LogP contribution < -0.4 is 11.1 Å². The van der Waals surface area contributed by atoms with Crippen molar-refractivity contribution < 1.29 is 9.90 Å². The van der Waals surface area contributed by atoms with Crippen LogP contribution in [0.1, 0.15) is 52.4 Å². The van der Waals surface area contributed by atoms with E-state index in [4.69, 9.17) is 5.73 Å². The van der Waals surface area contributed by atoms with Crippen LogP contribution in [0.5, 0.6) is 0 Å². The van der Waals surface area contributed by atoms with Gasteiger partial charge in [0.1, 0.15) is 0 Å². The fourth-order valence-electron chi connectivity index (χ4n) is 2.55. The molecule has 0 radical (unpaired) electrons. The zero-order valence-corrected chi connectivity index (χ0v) is 11.0. The average molecular weight is 242 g/mol. The van der Waals surface area contributed by atoms with Gasteiger partial charge in [0.25, 0.3) is 0 Å². The van der Waals surface area contributed by atoms with Gasteiger partial charge in [0.15, 0.2) is 0 Å². The molecule has 1 aliphatic rings. The summed E-state index contributed by atoms with van der Waals surface area (Å²) >= 11 is 0. The predicted octanol–water partition coefficient (Wildman–Crippen LogP) is 1.17. The van der Waals surface area contributed by atoms with Gasteiger partial charge in [0.05, 0.1) is 17.6 Å². The van der Waals surface area contributed by atoms with Gasteiger partial charge >= 0.3 is 0 Å². The SMILES string of the molecule is CCC(CC)(CN)C(=O)N[C@@H]1CCCC[C@H]1O. The zero-order chi connectivity index (χ0) is 12.9. The maximum Gasteiger partial charge on any atom is 0.227 e. The lowest BCUT2D eigenvalue weighted by Crippen LogP contribution is -2.52. The summed E-state index contributed by atoms with van der Waals surface area (Å²) in [5.41, 5.74) is 5.29. The molecule has 1 rings (SSSR count). The summed E-state index contributed by atoms with van der Waals surface area (Å²) in [6, 6.07) is -0.0831. The van der Waals surface area contributed by atoms with Crippen molar-refractivity contribution in [2.45, 2.75) is 64.5 Å². The Bertz CT molecular complexity index is 244. The number of aliphatic hydroxyl groups is 1. The van der Waals surface area contributed by atoms with Crippen LogP contribution in [0, 0.1) is 5.41 Å². The maximum atomic E-state index is 12.3. The first-order valence-electron chi connectivity index (χ1n) is 6.78. The molecule has 4 nitrogen and oxygen atoms in total. The molecule has 100 valence electrons.